The normalized spacial score (nSPS) is 12.3. The summed E-state index contributed by atoms with van der Waals surface area (Å²) in [6, 6.07) is 6.94. The van der Waals surface area contributed by atoms with Crippen LogP contribution in [-0.4, -0.2) is 45.7 Å². The van der Waals surface area contributed by atoms with Crippen molar-refractivity contribution in [2.45, 2.75) is 52.3 Å². The Morgan fingerprint density at radius 3 is 2.41 bits per heavy atom. The van der Waals surface area contributed by atoms with Crippen molar-refractivity contribution < 1.29 is 19.1 Å². The number of esters is 1. The molecular formula is C20H27N3O4. The van der Waals surface area contributed by atoms with E-state index in [0.717, 1.165) is 16.8 Å². The van der Waals surface area contributed by atoms with E-state index in [-0.39, 0.29) is 13.0 Å². The second-order valence-electron chi connectivity index (χ2n) is 7.41. The van der Waals surface area contributed by atoms with Crippen molar-refractivity contribution in [2.24, 2.45) is 0 Å². The van der Waals surface area contributed by atoms with E-state index in [9.17, 15) is 9.59 Å². The molecule has 1 N–H and O–H groups in total. The average Bonchev–Trinajstić information content (AvgIpc) is 3.10. The Kier molecular flexibility index (Phi) is 6.60. The molecule has 0 bridgehead atoms. The van der Waals surface area contributed by atoms with Gasteiger partial charge in [0.2, 0.25) is 0 Å². The van der Waals surface area contributed by atoms with Crippen LogP contribution in [0.25, 0.3) is 0 Å². The van der Waals surface area contributed by atoms with Gasteiger partial charge in [0.05, 0.1) is 13.4 Å². The summed E-state index contributed by atoms with van der Waals surface area (Å²) >= 11 is 0. The Balaban J connectivity index is 2.34. The maximum Gasteiger partial charge on any atom is 0.411 e. The lowest BCUT2D eigenvalue weighted by molar-refractivity contribution is -0.147. The molecular weight excluding hydrogens is 346 g/mol. The first-order chi connectivity index (χ1) is 12.7. The van der Waals surface area contributed by atoms with Gasteiger partial charge in [0.1, 0.15) is 11.6 Å². The Bertz CT molecular complexity index is 749. The predicted molar refractivity (Wildman–Crippen MR) is 101 cm³/mol. The number of hydrogen-bond donors (Lipinski definition) is 1. The van der Waals surface area contributed by atoms with Gasteiger partial charge in [-0.1, -0.05) is 29.8 Å². The molecule has 1 heterocycles. The van der Waals surface area contributed by atoms with Crippen molar-refractivity contribution in [3.05, 3.63) is 53.6 Å². The fourth-order valence-electron chi connectivity index (χ4n) is 2.57. The fraction of sp³-hybridized carbons (Fsp3) is 0.450. The summed E-state index contributed by atoms with van der Waals surface area (Å²) in [7, 11) is 1.31. The molecule has 2 rings (SSSR count). The van der Waals surface area contributed by atoms with Gasteiger partial charge in [-0.3, -0.25) is 4.90 Å². The van der Waals surface area contributed by atoms with E-state index in [1.807, 2.05) is 31.2 Å². The number of imidazole rings is 1. The van der Waals surface area contributed by atoms with Crippen LogP contribution in [-0.2, 0) is 27.2 Å². The van der Waals surface area contributed by atoms with E-state index in [1.165, 1.54) is 18.3 Å². The third-order valence-electron chi connectivity index (χ3n) is 3.92. The van der Waals surface area contributed by atoms with Crippen molar-refractivity contribution >= 4 is 12.1 Å². The van der Waals surface area contributed by atoms with Crippen LogP contribution in [0.4, 0.5) is 4.79 Å². The molecule has 0 aliphatic carbocycles. The van der Waals surface area contributed by atoms with Crippen LogP contribution in [0.5, 0.6) is 0 Å². The number of H-pyrrole nitrogens is 1. The first-order valence-electron chi connectivity index (χ1n) is 8.80. The zero-order chi connectivity index (χ0) is 20.0. The molecule has 27 heavy (non-hydrogen) atoms. The van der Waals surface area contributed by atoms with Gasteiger partial charge in [-0.2, -0.15) is 0 Å². The Morgan fingerprint density at radius 2 is 1.89 bits per heavy atom. The first kappa shape index (κ1) is 20.5. The molecule has 7 nitrogen and oxygen atoms in total. The third-order valence-corrected chi connectivity index (χ3v) is 3.92. The lowest BCUT2D eigenvalue weighted by Gasteiger charge is -2.32. The van der Waals surface area contributed by atoms with E-state index >= 15 is 0 Å². The molecule has 0 aliphatic heterocycles. The highest BCUT2D eigenvalue weighted by molar-refractivity contribution is 5.81. The number of aryl methyl sites for hydroxylation is 1. The molecule has 0 saturated carbocycles. The van der Waals surface area contributed by atoms with Gasteiger partial charge in [0, 0.05) is 24.9 Å². The smallest absolute Gasteiger partial charge is 0.411 e. The maximum atomic E-state index is 12.9. The third kappa shape index (κ3) is 6.13. The minimum Gasteiger partial charge on any atom is -0.467 e. The summed E-state index contributed by atoms with van der Waals surface area (Å²) in [6.45, 7) is 7.58. The molecule has 0 radical (unpaired) electrons. The highest BCUT2D eigenvalue weighted by Gasteiger charge is 2.34. The molecule has 7 heteroatoms. The molecule has 2 aromatic rings. The maximum absolute atomic E-state index is 12.9. The highest BCUT2D eigenvalue weighted by atomic mass is 16.6. The molecule has 1 aromatic heterocycles. The quantitative estimate of drug-likeness (QED) is 0.786. The summed E-state index contributed by atoms with van der Waals surface area (Å²) < 4.78 is 10.5. The number of carbonyl (C=O) groups excluding carboxylic acids is 2. The van der Waals surface area contributed by atoms with Gasteiger partial charge < -0.3 is 14.5 Å². The van der Waals surface area contributed by atoms with Crippen LogP contribution in [0.15, 0.2) is 36.8 Å². The molecule has 146 valence electrons. The van der Waals surface area contributed by atoms with E-state index in [2.05, 4.69) is 9.97 Å². The van der Waals surface area contributed by atoms with E-state index in [4.69, 9.17) is 9.47 Å². The summed E-state index contributed by atoms with van der Waals surface area (Å²) in [5.74, 6) is -0.512. The van der Waals surface area contributed by atoms with Gasteiger partial charge in [-0.05, 0) is 33.3 Å². The van der Waals surface area contributed by atoms with Crippen LogP contribution in [0.3, 0.4) is 0 Å². The molecule has 1 aromatic carbocycles. The number of carbonyl (C=O) groups is 2. The summed E-state index contributed by atoms with van der Waals surface area (Å²) in [5.41, 5.74) is 2.05. The average molecular weight is 373 g/mol. The Labute approximate surface area is 159 Å². The number of nitrogens with zero attached hydrogens (tertiary/aromatic N) is 2. The first-order valence-corrected chi connectivity index (χ1v) is 8.80. The van der Waals surface area contributed by atoms with Crippen LogP contribution in [0.2, 0.25) is 0 Å². The largest absolute Gasteiger partial charge is 0.467 e. The number of benzene rings is 1. The van der Waals surface area contributed by atoms with Gasteiger partial charge >= 0.3 is 12.1 Å². The standard InChI is InChI=1S/C20H27N3O4/c1-14-6-8-15(9-7-14)12-23(19(25)27-20(2,3)4)17(18(24)26-5)10-16-11-21-13-22-16/h6-9,11,13,17H,10,12H2,1-5H3,(H,21,22)/t17-/m0/s1. The zero-order valence-corrected chi connectivity index (χ0v) is 16.5. The summed E-state index contributed by atoms with van der Waals surface area (Å²) in [6.07, 6.45) is 2.83. The zero-order valence-electron chi connectivity index (χ0n) is 16.5. The molecule has 1 amide bonds. The molecule has 0 aliphatic rings. The number of methoxy groups -OCH3 is 1. The predicted octanol–water partition coefficient (Wildman–Crippen LogP) is 3.24. The number of aromatic nitrogens is 2. The Morgan fingerprint density at radius 1 is 1.22 bits per heavy atom. The summed E-state index contributed by atoms with van der Waals surface area (Å²) in [4.78, 5) is 33.7. The minimum absolute atomic E-state index is 0.225. The molecule has 0 fully saturated rings. The minimum atomic E-state index is -0.841. The van der Waals surface area contributed by atoms with Crippen molar-refractivity contribution in [3.8, 4) is 0 Å². The number of amides is 1. The molecule has 0 spiro atoms. The molecule has 0 unspecified atom stereocenters. The second-order valence-corrected chi connectivity index (χ2v) is 7.41. The van der Waals surface area contributed by atoms with E-state index in [1.54, 1.807) is 27.0 Å². The van der Waals surface area contributed by atoms with Crippen LogP contribution >= 0.6 is 0 Å². The van der Waals surface area contributed by atoms with Crippen LogP contribution in [0.1, 0.15) is 37.6 Å². The number of aromatic amines is 1. The van der Waals surface area contributed by atoms with E-state index < -0.39 is 23.7 Å². The van der Waals surface area contributed by atoms with Crippen molar-refractivity contribution in [2.75, 3.05) is 7.11 Å². The van der Waals surface area contributed by atoms with Gasteiger partial charge in [0.15, 0.2) is 0 Å². The topological polar surface area (TPSA) is 84.5 Å². The van der Waals surface area contributed by atoms with Crippen LogP contribution in [0, 0.1) is 6.92 Å². The van der Waals surface area contributed by atoms with Gasteiger partial charge in [-0.15, -0.1) is 0 Å². The second kappa shape index (κ2) is 8.70. The molecule has 1 atom stereocenters. The highest BCUT2D eigenvalue weighted by Crippen LogP contribution is 2.19. The van der Waals surface area contributed by atoms with Gasteiger partial charge in [0.25, 0.3) is 0 Å². The summed E-state index contributed by atoms with van der Waals surface area (Å²) in [5, 5.41) is 0. The number of rotatable bonds is 6. The fourth-order valence-corrected chi connectivity index (χ4v) is 2.57. The van der Waals surface area contributed by atoms with E-state index in [0.29, 0.717) is 0 Å². The van der Waals surface area contributed by atoms with Gasteiger partial charge in [-0.25, -0.2) is 14.6 Å². The van der Waals surface area contributed by atoms with Crippen molar-refractivity contribution in [1.82, 2.24) is 14.9 Å². The number of ether oxygens (including phenoxy) is 2. The number of hydrogen-bond acceptors (Lipinski definition) is 5. The number of nitrogens with one attached hydrogen (secondary N) is 1. The van der Waals surface area contributed by atoms with Crippen LogP contribution < -0.4 is 0 Å². The Hall–Kier alpha value is -2.83. The SMILES string of the molecule is COC(=O)[C@H](Cc1cnc[nH]1)N(Cc1ccc(C)cc1)C(=O)OC(C)(C)C. The monoisotopic (exact) mass is 373 g/mol. The van der Waals surface area contributed by atoms with Crippen molar-refractivity contribution in [1.29, 1.82) is 0 Å². The molecule has 0 saturated heterocycles. The lowest BCUT2D eigenvalue weighted by Crippen LogP contribution is -2.48. The van der Waals surface area contributed by atoms with Crippen molar-refractivity contribution in [3.63, 3.8) is 0 Å². The lowest BCUT2D eigenvalue weighted by atomic mass is 10.1.